The molecule has 1 aliphatic rings. The molecule has 0 atom stereocenters. The Morgan fingerprint density at radius 1 is 1.38 bits per heavy atom. The maximum atomic E-state index is 12.7. The van der Waals surface area contributed by atoms with E-state index < -0.39 is 0 Å². The van der Waals surface area contributed by atoms with E-state index in [1.165, 1.54) is 12.8 Å². The van der Waals surface area contributed by atoms with Gasteiger partial charge in [0.2, 0.25) is 0 Å². The summed E-state index contributed by atoms with van der Waals surface area (Å²) in [6.45, 7) is 3.19. The van der Waals surface area contributed by atoms with Gasteiger partial charge in [0.15, 0.2) is 0 Å². The van der Waals surface area contributed by atoms with Gasteiger partial charge in [0.05, 0.1) is 11.1 Å². The number of rotatable bonds is 5. The summed E-state index contributed by atoms with van der Waals surface area (Å²) in [4.78, 5) is 17.5. The highest BCUT2D eigenvalue weighted by Gasteiger charge is 2.29. The zero-order chi connectivity index (χ0) is 15.7. The zero-order valence-electron chi connectivity index (χ0n) is 13.5. The minimum absolute atomic E-state index is 0. The number of nitrogens with two attached hydrogens (primary N) is 1. The van der Waals surface area contributed by atoms with E-state index >= 15 is 0 Å². The summed E-state index contributed by atoms with van der Waals surface area (Å²) in [6, 6.07) is 5.92. The molecule has 4 nitrogen and oxygen atoms in total. The third-order valence-electron chi connectivity index (χ3n) is 4.09. The first-order valence-corrected chi connectivity index (χ1v) is 8.49. The van der Waals surface area contributed by atoms with Gasteiger partial charge >= 0.3 is 0 Å². The Hall–Kier alpha value is -0.880. The number of pyridine rings is 1. The van der Waals surface area contributed by atoms with E-state index in [4.69, 9.17) is 10.7 Å². The summed E-state index contributed by atoms with van der Waals surface area (Å²) in [5.74, 6) is 0.488. The lowest BCUT2D eigenvalue weighted by Crippen LogP contribution is -2.27. The lowest BCUT2D eigenvalue weighted by molar-refractivity contribution is 0.0954. The molecule has 1 aliphatic carbocycles. The Morgan fingerprint density at radius 3 is 2.71 bits per heavy atom. The highest BCUT2D eigenvalue weighted by Crippen LogP contribution is 2.42. The van der Waals surface area contributed by atoms with Crippen LogP contribution in [0, 0.1) is 6.92 Å². The topological polar surface area (TPSA) is 68.0 Å². The molecule has 0 bridgehead atoms. The van der Waals surface area contributed by atoms with E-state index in [1.54, 1.807) is 0 Å². The Morgan fingerprint density at radius 2 is 2.08 bits per heavy atom. The van der Waals surface area contributed by atoms with Crippen molar-refractivity contribution in [2.75, 3.05) is 13.1 Å². The second-order valence-corrected chi connectivity index (χ2v) is 6.75. The van der Waals surface area contributed by atoms with Gasteiger partial charge in [-0.3, -0.25) is 9.78 Å². The van der Waals surface area contributed by atoms with Gasteiger partial charge in [0.25, 0.3) is 5.91 Å². The molecule has 1 aromatic heterocycles. The molecule has 24 heavy (non-hydrogen) atoms. The van der Waals surface area contributed by atoms with Crippen LogP contribution in [0.5, 0.6) is 0 Å². The minimum Gasteiger partial charge on any atom is -0.352 e. The third-order valence-corrected chi connectivity index (χ3v) is 4.58. The smallest absolute Gasteiger partial charge is 0.252 e. The van der Waals surface area contributed by atoms with Crippen molar-refractivity contribution in [2.45, 2.75) is 32.1 Å². The summed E-state index contributed by atoms with van der Waals surface area (Å²) >= 11 is 3.49. The fourth-order valence-corrected chi connectivity index (χ4v) is 3.15. The van der Waals surface area contributed by atoms with Crippen molar-refractivity contribution in [2.24, 2.45) is 5.73 Å². The van der Waals surface area contributed by atoms with E-state index in [1.807, 2.05) is 25.1 Å². The fourth-order valence-electron chi connectivity index (χ4n) is 2.79. The van der Waals surface area contributed by atoms with Crippen molar-refractivity contribution < 1.29 is 4.79 Å². The normalized spacial score (nSPS) is 13.1. The first-order valence-electron chi connectivity index (χ1n) is 7.70. The average molecular weight is 435 g/mol. The van der Waals surface area contributed by atoms with Gasteiger partial charge in [-0.1, -0.05) is 15.9 Å². The molecule has 2 aromatic rings. The molecule has 1 heterocycles. The fraction of sp³-hybridized carbons (Fsp3) is 0.412. The molecule has 1 fully saturated rings. The predicted molar refractivity (Wildman–Crippen MR) is 107 cm³/mol. The molecule has 0 saturated heterocycles. The zero-order valence-corrected chi connectivity index (χ0v) is 16.7. The first-order chi connectivity index (χ1) is 10.6. The van der Waals surface area contributed by atoms with Crippen LogP contribution in [0.3, 0.4) is 0 Å². The molecule has 1 amide bonds. The van der Waals surface area contributed by atoms with Crippen molar-refractivity contribution >= 4 is 57.6 Å². The summed E-state index contributed by atoms with van der Waals surface area (Å²) in [5.41, 5.74) is 9.24. The molecular formula is C17H22BrCl2N3O. The number of halogens is 3. The number of nitrogens with one attached hydrogen (secondary N) is 1. The number of carbonyl (C=O) groups is 1. The molecule has 0 unspecified atom stereocenters. The van der Waals surface area contributed by atoms with Gasteiger partial charge in [-0.15, -0.1) is 24.8 Å². The standard InChI is InChI=1S/C17H20BrN3O.2ClH/c1-10-15(17(22)20-8-2-7-19)13-9-12(18)5-6-14(13)21-16(10)11-3-4-11;;/h5-6,9,11H,2-4,7-8,19H2,1H3,(H,20,22);2*1H. The molecule has 0 radical (unpaired) electrons. The number of hydrogen-bond donors (Lipinski definition) is 2. The van der Waals surface area contributed by atoms with E-state index in [-0.39, 0.29) is 30.7 Å². The lowest BCUT2D eigenvalue weighted by atomic mass is 9.98. The Labute approximate surface area is 162 Å². The second kappa shape index (κ2) is 8.99. The van der Waals surface area contributed by atoms with Gasteiger partial charge in [-0.05, 0) is 56.5 Å². The average Bonchev–Trinajstić information content (AvgIpc) is 3.31. The first kappa shape index (κ1) is 21.2. The summed E-state index contributed by atoms with van der Waals surface area (Å²) < 4.78 is 0.955. The van der Waals surface area contributed by atoms with E-state index in [9.17, 15) is 4.79 Å². The van der Waals surface area contributed by atoms with Crippen LogP contribution >= 0.6 is 40.7 Å². The predicted octanol–water partition coefficient (Wildman–Crippen LogP) is 4.11. The quantitative estimate of drug-likeness (QED) is 0.695. The van der Waals surface area contributed by atoms with Gasteiger partial charge < -0.3 is 11.1 Å². The van der Waals surface area contributed by atoms with Gasteiger partial charge in [-0.2, -0.15) is 0 Å². The number of fused-ring (bicyclic) bond motifs is 1. The Bertz CT molecular complexity index is 735. The third kappa shape index (κ3) is 4.39. The van der Waals surface area contributed by atoms with Crippen LogP contribution in [-0.2, 0) is 0 Å². The SMILES string of the molecule is Cc1c(C2CC2)nc2ccc(Br)cc2c1C(=O)NCCCN.Cl.Cl. The van der Waals surface area contributed by atoms with Crippen LogP contribution in [-0.4, -0.2) is 24.0 Å². The lowest BCUT2D eigenvalue weighted by Gasteiger charge is -2.14. The van der Waals surface area contributed by atoms with Crippen LogP contribution in [0.15, 0.2) is 22.7 Å². The molecule has 0 aliphatic heterocycles. The van der Waals surface area contributed by atoms with Crippen molar-refractivity contribution in [1.29, 1.82) is 0 Å². The maximum absolute atomic E-state index is 12.7. The molecule has 1 aromatic carbocycles. The summed E-state index contributed by atoms with van der Waals surface area (Å²) in [5, 5.41) is 3.88. The number of nitrogens with zero attached hydrogens (tertiary/aromatic N) is 1. The molecule has 1 saturated carbocycles. The van der Waals surface area contributed by atoms with E-state index in [2.05, 4.69) is 21.2 Å². The highest BCUT2D eigenvalue weighted by atomic mass is 79.9. The van der Waals surface area contributed by atoms with Crippen LogP contribution in [0.4, 0.5) is 0 Å². The summed E-state index contributed by atoms with van der Waals surface area (Å²) in [6.07, 6.45) is 3.13. The van der Waals surface area contributed by atoms with Crippen LogP contribution in [0.1, 0.15) is 46.8 Å². The van der Waals surface area contributed by atoms with Gasteiger partial charge in [0, 0.05) is 28.0 Å². The molecular weight excluding hydrogens is 413 g/mol. The van der Waals surface area contributed by atoms with Crippen molar-refractivity contribution in [3.8, 4) is 0 Å². The van der Waals surface area contributed by atoms with E-state index in [0.29, 0.717) is 19.0 Å². The maximum Gasteiger partial charge on any atom is 0.252 e. The minimum atomic E-state index is -0.0293. The van der Waals surface area contributed by atoms with Crippen molar-refractivity contribution in [3.63, 3.8) is 0 Å². The number of amides is 1. The number of benzene rings is 1. The molecule has 3 rings (SSSR count). The Kier molecular flexibility index (Phi) is 7.93. The molecule has 7 heteroatoms. The van der Waals surface area contributed by atoms with Gasteiger partial charge in [-0.25, -0.2) is 0 Å². The molecule has 0 spiro atoms. The van der Waals surface area contributed by atoms with Gasteiger partial charge in [0.1, 0.15) is 0 Å². The van der Waals surface area contributed by atoms with Crippen LogP contribution in [0.25, 0.3) is 10.9 Å². The van der Waals surface area contributed by atoms with Crippen molar-refractivity contribution in [3.05, 3.63) is 39.5 Å². The number of carbonyl (C=O) groups excluding carboxylic acids is 1. The monoisotopic (exact) mass is 433 g/mol. The molecule has 3 N–H and O–H groups in total. The molecule has 132 valence electrons. The van der Waals surface area contributed by atoms with Crippen LogP contribution < -0.4 is 11.1 Å². The van der Waals surface area contributed by atoms with Crippen molar-refractivity contribution in [1.82, 2.24) is 10.3 Å². The van der Waals surface area contributed by atoms with E-state index in [0.717, 1.165) is 38.6 Å². The highest BCUT2D eigenvalue weighted by molar-refractivity contribution is 9.10. The number of hydrogen-bond acceptors (Lipinski definition) is 3. The second-order valence-electron chi connectivity index (χ2n) is 5.83. The Balaban J connectivity index is 0.00000144. The largest absolute Gasteiger partial charge is 0.352 e. The summed E-state index contributed by atoms with van der Waals surface area (Å²) in [7, 11) is 0. The van der Waals surface area contributed by atoms with Crippen LogP contribution in [0.2, 0.25) is 0 Å². The number of aromatic nitrogens is 1.